The molecule has 0 saturated heterocycles. The van der Waals surface area contributed by atoms with Gasteiger partial charge in [-0.3, -0.25) is 14.5 Å². The molecule has 5 heteroatoms. The van der Waals surface area contributed by atoms with Crippen molar-refractivity contribution in [2.24, 2.45) is 0 Å². The molecule has 0 bridgehead atoms. The lowest BCUT2D eigenvalue weighted by molar-refractivity contribution is -0.127. The van der Waals surface area contributed by atoms with Gasteiger partial charge in [0.15, 0.2) is 5.78 Å². The highest BCUT2D eigenvalue weighted by Gasteiger charge is 2.31. The molecule has 2 aromatic carbocycles. The molecule has 0 aliphatic heterocycles. The van der Waals surface area contributed by atoms with E-state index in [0.29, 0.717) is 24.6 Å². The van der Waals surface area contributed by atoms with Crippen LogP contribution in [0.5, 0.6) is 0 Å². The van der Waals surface area contributed by atoms with E-state index < -0.39 is 6.04 Å². The number of hydrogen-bond acceptors (Lipinski definition) is 3. The maximum atomic E-state index is 14.0. The smallest absolute Gasteiger partial charge is 0.234 e. The first-order valence-electron chi connectivity index (χ1n) is 9.34. The molecule has 0 aromatic heterocycles. The molecule has 27 heavy (non-hydrogen) atoms. The molecule has 1 saturated carbocycles. The summed E-state index contributed by atoms with van der Waals surface area (Å²) in [6, 6.07) is 16.0. The monoisotopic (exact) mass is 368 g/mol. The molecule has 3 rings (SSSR count). The van der Waals surface area contributed by atoms with Crippen molar-refractivity contribution >= 4 is 11.7 Å². The molecule has 1 atom stereocenters. The van der Waals surface area contributed by atoms with E-state index in [9.17, 15) is 14.0 Å². The minimum atomic E-state index is -0.547. The molecular weight excluding hydrogens is 343 g/mol. The number of carbonyl (C=O) groups is 2. The lowest BCUT2D eigenvalue weighted by Crippen LogP contribution is -2.46. The fourth-order valence-corrected chi connectivity index (χ4v) is 3.17. The van der Waals surface area contributed by atoms with Gasteiger partial charge in [-0.05, 0) is 37.8 Å². The Bertz CT molecular complexity index is 790. The second-order valence-electron chi connectivity index (χ2n) is 7.15. The highest BCUT2D eigenvalue weighted by molar-refractivity contribution is 5.88. The van der Waals surface area contributed by atoms with Gasteiger partial charge in [0.1, 0.15) is 5.82 Å². The standard InChI is InChI=1S/C22H25FN2O2/c1-16(26)21(13-17-7-3-2-4-8-17)24-22(27)15-25(19-11-12-19)14-18-9-5-6-10-20(18)23/h2-10,19,21H,11-15H2,1H3,(H,24,27)/t21-/m1/s1. The number of nitrogens with one attached hydrogen (secondary N) is 1. The van der Waals surface area contributed by atoms with E-state index in [4.69, 9.17) is 0 Å². The Kier molecular flexibility index (Phi) is 6.35. The average molecular weight is 368 g/mol. The van der Waals surface area contributed by atoms with E-state index in [0.717, 1.165) is 18.4 Å². The number of nitrogens with zero attached hydrogens (tertiary/aromatic N) is 1. The van der Waals surface area contributed by atoms with Gasteiger partial charge in [-0.1, -0.05) is 48.5 Å². The fourth-order valence-electron chi connectivity index (χ4n) is 3.17. The second-order valence-corrected chi connectivity index (χ2v) is 7.15. The molecule has 2 aromatic rings. The number of Topliss-reactive ketones (excluding diaryl/α,β-unsaturated/α-hetero) is 1. The summed E-state index contributed by atoms with van der Waals surface area (Å²) in [6.07, 6.45) is 2.50. The third-order valence-electron chi connectivity index (χ3n) is 4.85. The van der Waals surface area contributed by atoms with E-state index in [1.807, 2.05) is 35.2 Å². The van der Waals surface area contributed by atoms with Gasteiger partial charge in [0.25, 0.3) is 0 Å². The van der Waals surface area contributed by atoms with Crippen molar-refractivity contribution in [2.75, 3.05) is 6.54 Å². The third kappa shape index (κ3) is 5.73. The van der Waals surface area contributed by atoms with Crippen molar-refractivity contribution in [3.8, 4) is 0 Å². The van der Waals surface area contributed by atoms with Gasteiger partial charge in [0, 0.05) is 18.2 Å². The first kappa shape index (κ1) is 19.2. The van der Waals surface area contributed by atoms with Crippen LogP contribution in [0.15, 0.2) is 54.6 Å². The Hall–Kier alpha value is -2.53. The van der Waals surface area contributed by atoms with E-state index in [-0.39, 0.29) is 24.1 Å². The summed E-state index contributed by atoms with van der Waals surface area (Å²) in [7, 11) is 0. The summed E-state index contributed by atoms with van der Waals surface area (Å²) in [4.78, 5) is 26.5. The Morgan fingerprint density at radius 1 is 1.11 bits per heavy atom. The molecule has 0 radical (unpaired) electrons. The molecule has 1 N–H and O–H groups in total. The highest BCUT2D eigenvalue weighted by atomic mass is 19.1. The van der Waals surface area contributed by atoms with Gasteiger partial charge in [0.05, 0.1) is 12.6 Å². The van der Waals surface area contributed by atoms with Crippen molar-refractivity contribution in [1.29, 1.82) is 0 Å². The number of amides is 1. The SMILES string of the molecule is CC(=O)[C@@H](Cc1ccccc1)NC(=O)CN(Cc1ccccc1F)C1CC1. The Morgan fingerprint density at radius 2 is 1.78 bits per heavy atom. The molecule has 1 amide bonds. The first-order chi connectivity index (χ1) is 13.0. The Labute approximate surface area is 159 Å². The Balaban J connectivity index is 1.61. The molecule has 142 valence electrons. The van der Waals surface area contributed by atoms with Gasteiger partial charge in [0.2, 0.25) is 5.91 Å². The number of benzene rings is 2. The normalized spacial score (nSPS) is 14.8. The number of ketones is 1. The zero-order chi connectivity index (χ0) is 19.2. The lowest BCUT2D eigenvalue weighted by Gasteiger charge is -2.23. The average Bonchev–Trinajstić information content (AvgIpc) is 3.48. The zero-order valence-corrected chi connectivity index (χ0v) is 15.5. The number of rotatable bonds is 9. The topological polar surface area (TPSA) is 49.4 Å². The van der Waals surface area contributed by atoms with Crippen LogP contribution in [0.1, 0.15) is 30.9 Å². The summed E-state index contributed by atoms with van der Waals surface area (Å²) in [5.74, 6) is -0.525. The molecule has 1 fully saturated rings. The summed E-state index contributed by atoms with van der Waals surface area (Å²) in [6.45, 7) is 2.05. The van der Waals surface area contributed by atoms with Gasteiger partial charge in [-0.15, -0.1) is 0 Å². The summed E-state index contributed by atoms with van der Waals surface area (Å²) >= 11 is 0. The Morgan fingerprint density at radius 3 is 2.41 bits per heavy atom. The van der Waals surface area contributed by atoms with Crippen LogP contribution in [-0.4, -0.2) is 35.2 Å². The number of carbonyl (C=O) groups excluding carboxylic acids is 2. The zero-order valence-electron chi connectivity index (χ0n) is 15.5. The van der Waals surface area contributed by atoms with Crippen LogP contribution in [0.25, 0.3) is 0 Å². The molecule has 0 unspecified atom stereocenters. The minimum Gasteiger partial charge on any atom is -0.345 e. The van der Waals surface area contributed by atoms with Gasteiger partial charge < -0.3 is 5.32 Å². The number of halogens is 1. The van der Waals surface area contributed by atoms with Crippen LogP contribution >= 0.6 is 0 Å². The lowest BCUT2D eigenvalue weighted by atomic mass is 10.0. The predicted molar refractivity (Wildman–Crippen MR) is 103 cm³/mol. The summed E-state index contributed by atoms with van der Waals surface area (Å²) < 4.78 is 14.0. The van der Waals surface area contributed by atoms with Crippen LogP contribution in [0.3, 0.4) is 0 Å². The predicted octanol–water partition coefficient (Wildman–Crippen LogP) is 3.11. The van der Waals surface area contributed by atoms with Crippen LogP contribution in [-0.2, 0) is 22.6 Å². The minimum absolute atomic E-state index is 0.0701. The first-order valence-corrected chi connectivity index (χ1v) is 9.34. The second kappa shape index (κ2) is 8.91. The van der Waals surface area contributed by atoms with Crippen molar-refractivity contribution in [2.45, 2.75) is 44.8 Å². The molecular formula is C22H25FN2O2. The van der Waals surface area contributed by atoms with E-state index in [1.165, 1.54) is 13.0 Å². The van der Waals surface area contributed by atoms with Gasteiger partial charge >= 0.3 is 0 Å². The molecule has 1 aliphatic carbocycles. The van der Waals surface area contributed by atoms with Gasteiger partial charge in [-0.25, -0.2) is 4.39 Å². The summed E-state index contributed by atoms with van der Waals surface area (Å²) in [5.41, 5.74) is 1.59. The van der Waals surface area contributed by atoms with Crippen LogP contribution in [0, 0.1) is 5.82 Å². The largest absolute Gasteiger partial charge is 0.345 e. The molecule has 1 aliphatic rings. The fraction of sp³-hybridized carbons (Fsp3) is 0.364. The van der Waals surface area contributed by atoms with E-state index in [2.05, 4.69) is 5.32 Å². The van der Waals surface area contributed by atoms with Crippen molar-refractivity contribution < 1.29 is 14.0 Å². The van der Waals surface area contributed by atoms with Crippen LogP contribution in [0.2, 0.25) is 0 Å². The summed E-state index contributed by atoms with van der Waals surface area (Å²) in [5, 5.41) is 2.85. The van der Waals surface area contributed by atoms with Crippen molar-refractivity contribution in [3.05, 3.63) is 71.5 Å². The molecule has 0 heterocycles. The molecule has 0 spiro atoms. The number of hydrogen-bond donors (Lipinski definition) is 1. The quantitative estimate of drug-likeness (QED) is 0.740. The molecule has 4 nitrogen and oxygen atoms in total. The highest BCUT2D eigenvalue weighted by Crippen LogP contribution is 2.28. The van der Waals surface area contributed by atoms with E-state index in [1.54, 1.807) is 18.2 Å². The van der Waals surface area contributed by atoms with Crippen molar-refractivity contribution in [3.63, 3.8) is 0 Å². The third-order valence-corrected chi connectivity index (χ3v) is 4.85. The van der Waals surface area contributed by atoms with E-state index >= 15 is 0 Å². The van der Waals surface area contributed by atoms with Gasteiger partial charge in [-0.2, -0.15) is 0 Å². The van der Waals surface area contributed by atoms with Crippen LogP contribution in [0.4, 0.5) is 4.39 Å². The van der Waals surface area contributed by atoms with Crippen molar-refractivity contribution in [1.82, 2.24) is 10.2 Å². The van der Waals surface area contributed by atoms with Crippen LogP contribution < -0.4 is 5.32 Å². The maximum Gasteiger partial charge on any atom is 0.234 e. The maximum absolute atomic E-state index is 14.0.